The second-order valence-corrected chi connectivity index (χ2v) is 6.63. The van der Waals surface area contributed by atoms with Gasteiger partial charge in [-0.05, 0) is 42.7 Å². The molecule has 0 unspecified atom stereocenters. The highest BCUT2D eigenvalue weighted by atomic mass is 16.3. The number of nitrogens with zero attached hydrogens (tertiary/aromatic N) is 1. The van der Waals surface area contributed by atoms with Crippen LogP contribution in [-0.2, 0) is 6.42 Å². The smallest absolute Gasteiger partial charge is 0.176 e. The maximum Gasteiger partial charge on any atom is 0.176 e. The number of phenols is 1. The molecule has 0 saturated carbocycles. The Labute approximate surface area is 142 Å². The molecule has 4 nitrogen and oxygen atoms in total. The Hall–Kier alpha value is -2.17. The van der Waals surface area contributed by atoms with Crippen LogP contribution in [-0.4, -0.2) is 46.1 Å². The Balaban J connectivity index is 1.53. The first-order valence-electron chi connectivity index (χ1n) is 8.35. The number of rotatable bonds is 5. The first-order valence-corrected chi connectivity index (χ1v) is 8.35. The summed E-state index contributed by atoms with van der Waals surface area (Å²) in [6.45, 7) is 1.78. The Morgan fingerprint density at radius 1 is 1.00 bits per heavy atom. The molecule has 1 aliphatic rings. The van der Waals surface area contributed by atoms with E-state index >= 15 is 0 Å². The van der Waals surface area contributed by atoms with Gasteiger partial charge in [0, 0.05) is 25.1 Å². The van der Waals surface area contributed by atoms with Crippen molar-refractivity contribution in [2.75, 3.05) is 19.6 Å². The van der Waals surface area contributed by atoms with Crippen molar-refractivity contribution >= 4 is 5.78 Å². The molecule has 2 aromatic carbocycles. The predicted molar refractivity (Wildman–Crippen MR) is 93.2 cm³/mol. The molecule has 2 aromatic rings. The third-order valence-corrected chi connectivity index (χ3v) is 4.72. The van der Waals surface area contributed by atoms with Crippen LogP contribution in [0.5, 0.6) is 5.75 Å². The standard InChI is InChI=1S/C20H23NO3/c22-18-8-6-17(7-9-18)19(23)15-21-12-10-20(24,11-13-21)14-16-4-2-1-3-5-16/h1-9,22,24H,10-15H2. The number of ketones is 1. The number of benzene rings is 2. The van der Waals surface area contributed by atoms with Crippen molar-refractivity contribution in [3.8, 4) is 5.75 Å². The molecule has 3 rings (SSSR count). The summed E-state index contributed by atoms with van der Waals surface area (Å²) in [6.07, 6.45) is 2.00. The van der Waals surface area contributed by atoms with Crippen molar-refractivity contribution in [3.05, 3.63) is 65.7 Å². The Morgan fingerprint density at radius 2 is 1.62 bits per heavy atom. The molecule has 0 bridgehead atoms. The molecule has 1 saturated heterocycles. The van der Waals surface area contributed by atoms with E-state index in [0.717, 1.165) is 5.56 Å². The Bertz CT molecular complexity index is 674. The SMILES string of the molecule is O=C(CN1CCC(O)(Cc2ccccc2)CC1)c1ccc(O)cc1. The van der Waals surface area contributed by atoms with Gasteiger partial charge in [-0.2, -0.15) is 0 Å². The molecule has 4 heteroatoms. The second-order valence-electron chi connectivity index (χ2n) is 6.63. The molecule has 0 amide bonds. The van der Waals surface area contributed by atoms with E-state index < -0.39 is 5.60 Å². The molecule has 0 spiro atoms. The summed E-state index contributed by atoms with van der Waals surface area (Å²) in [4.78, 5) is 14.4. The minimum atomic E-state index is -0.681. The molecule has 1 fully saturated rings. The minimum absolute atomic E-state index is 0.0449. The number of hydrogen-bond acceptors (Lipinski definition) is 4. The van der Waals surface area contributed by atoms with E-state index in [1.807, 2.05) is 30.3 Å². The Kier molecular flexibility index (Phi) is 4.97. The van der Waals surface area contributed by atoms with E-state index in [0.29, 0.717) is 44.5 Å². The molecule has 24 heavy (non-hydrogen) atoms. The highest BCUT2D eigenvalue weighted by molar-refractivity contribution is 5.97. The van der Waals surface area contributed by atoms with Crippen molar-refractivity contribution in [2.24, 2.45) is 0 Å². The molecular weight excluding hydrogens is 302 g/mol. The summed E-state index contributed by atoms with van der Waals surface area (Å²) in [5.74, 6) is 0.207. The van der Waals surface area contributed by atoms with Crippen LogP contribution in [0.15, 0.2) is 54.6 Å². The van der Waals surface area contributed by atoms with Crippen LogP contribution in [0.3, 0.4) is 0 Å². The number of carbonyl (C=O) groups is 1. The fourth-order valence-electron chi connectivity index (χ4n) is 3.22. The van der Waals surface area contributed by atoms with E-state index in [1.54, 1.807) is 12.1 Å². The third-order valence-electron chi connectivity index (χ3n) is 4.72. The molecule has 0 atom stereocenters. The number of aromatic hydroxyl groups is 1. The molecular formula is C20H23NO3. The first-order chi connectivity index (χ1) is 11.5. The van der Waals surface area contributed by atoms with E-state index in [2.05, 4.69) is 4.90 Å². The highest BCUT2D eigenvalue weighted by Crippen LogP contribution is 2.26. The van der Waals surface area contributed by atoms with Crippen LogP contribution in [0, 0.1) is 0 Å². The van der Waals surface area contributed by atoms with Gasteiger partial charge < -0.3 is 10.2 Å². The van der Waals surface area contributed by atoms with Gasteiger partial charge >= 0.3 is 0 Å². The zero-order chi connectivity index (χ0) is 17.0. The van der Waals surface area contributed by atoms with Gasteiger partial charge in [-0.25, -0.2) is 0 Å². The van der Waals surface area contributed by atoms with Gasteiger partial charge in [-0.1, -0.05) is 30.3 Å². The van der Waals surface area contributed by atoms with Gasteiger partial charge in [0.25, 0.3) is 0 Å². The number of piperidine rings is 1. The lowest BCUT2D eigenvalue weighted by Gasteiger charge is -2.38. The summed E-state index contributed by atoms with van der Waals surface area (Å²) in [5, 5.41) is 20.1. The molecule has 0 aliphatic carbocycles. The van der Waals surface area contributed by atoms with Crippen LogP contribution < -0.4 is 0 Å². The van der Waals surface area contributed by atoms with Gasteiger partial charge in [-0.3, -0.25) is 9.69 Å². The molecule has 2 N–H and O–H groups in total. The number of likely N-dealkylation sites (tertiary alicyclic amines) is 1. The predicted octanol–water partition coefficient (Wildman–Crippen LogP) is 2.64. The van der Waals surface area contributed by atoms with Gasteiger partial charge in [0.2, 0.25) is 0 Å². The molecule has 1 aliphatic heterocycles. The lowest BCUT2D eigenvalue weighted by Crippen LogP contribution is -2.47. The van der Waals surface area contributed by atoms with Crippen molar-refractivity contribution < 1.29 is 15.0 Å². The zero-order valence-electron chi connectivity index (χ0n) is 13.7. The van der Waals surface area contributed by atoms with E-state index in [-0.39, 0.29) is 11.5 Å². The monoisotopic (exact) mass is 325 g/mol. The van der Waals surface area contributed by atoms with Crippen molar-refractivity contribution in [3.63, 3.8) is 0 Å². The van der Waals surface area contributed by atoms with Crippen molar-refractivity contribution in [1.29, 1.82) is 0 Å². The molecule has 0 aromatic heterocycles. The number of carbonyl (C=O) groups excluding carboxylic acids is 1. The van der Waals surface area contributed by atoms with Gasteiger partial charge in [0.1, 0.15) is 5.75 Å². The van der Waals surface area contributed by atoms with E-state index in [1.165, 1.54) is 12.1 Å². The number of phenolic OH excluding ortho intramolecular Hbond substituents is 1. The molecule has 0 radical (unpaired) electrons. The van der Waals surface area contributed by atoms with Crippen LogP contribution >= 0.6 is 0 Å². The normalized spacial score (nSPS) is 17.5. The van der Waals surface area contributed by atoms with Gasteiger partial charge in [-0.15, -0.1) is 0 Å². The highest BCUT2D eigenvalue weighted by Gasteiger charge is 2.32. The summed E-state index contributed by atoms with van der Waals surface area (Å²) in [7, 11) is 0. The van der Waals surface area contributed by atoms with Crippen LogP contribution in [0.25, 0.3) is 0 Å². The van der Waals surface area contributed by atoms with Crippen LogP contribution in [0.2, 0.25) is 0 Å². The summed E-state index contributed by atoms with van der Waals surface area (Å²) in [6, 6.07) is 16.4. The quantitative estimate of drug-likeness (QED) is 0.830. The van der Waals surface area contributed by atoms with E-state index in [4.69, 9.17) is 0 Å². The largest absolute Gasteiger partial charge is 0.508 e. The number of aliphatic hydroxyl groups is 1. The first kappa shape index (κ1) is 16.7. The summed E-state index contributed by atoms with van der Waals surface area (Å²) >= 11 is 0. The van der Waals surface area contributed by atoms with Crippen LogP contribution in [0.1, 0.15) is 28.8 Å². The van der Waals surface area contributed by atoms with Crippen molar-refractivity contribution in [1.82, 2.24) is 4.90 Å². The molecule has 1 heterocycles. The topological polar surface area (TPSA) is 60.8 Å². The average molecular weight is 325 g/mol. The molecule has 126 valence electrons. The maximum atomic E-state index is 12.3. The second kappa shape index (κ2) is 7.16. The van der Waals surface area contributed by atoms with Crippen LogP contribution in [0.4, 0.5) is 0 Å². The third kappa shape index (κ3) is 4.22. The summed E-state index contributed by atoms with van der Waals surface area (Å²) in [5.41, 5.74) is 1.07. The van der Waals surface area contributed by atoms with Crippen molar-refractivity contribution in [2.45, 2.75) is 24.9 Å². The fourth-order valence-corrected chi connectivity index (χ4v) is 3.22. The average Bonchev–Trinajstić information content (AvgIpc) is 2.58. The number of hydrogen-bond donors (Lipinski definition) is 2. The number of Topliss-reactive ketones (excluding diaryl/α,β-unsaturated/α-hetero) is 1. The zero-order valence-corrected chi connectivity index (χ0v) is 13.7. The fraction of sp³-hybridized carbons (Fsp3) is 0.350. The van der Waals surface area contributed by atoms with Gasteiger partial charge in [0.05, 0.1) is 12.1 Å². The maximum absolute atomic E-state index is 12.3. The van der Waals surface area contributed by atoms with E-state index in [9.17, 15) is 15.0 Å². The minimum Gasteiger partial charge on any atom is -0.508 e. The lowest BCUT2D eigenvalue weighted by atomic mass is 9.85. The lowest BCUT2D eigenvalue weighted by molar-refractivity contribution is -0.0193. The Morgan fingerprint density at radius 3 is 2.25 bits per heavy atom. The summed E-state index contributed by atoms with van der Waals surface area (Å²) < 4.78 is 0. The van der Waals surface area contributed by atoms with Gasteiger partial charge in [0.15, 0.2) is 5.78 Å².